The van der Waals surface area contributed by atoms with Gasteiger partial charge in [-0.05, 0) is 57.7 Å². The maximum Gasteiger partial charge on any atom is 0.0613 e. The standard InChI is InChI=1S/C16H34N2O/c1-4-10-17-16(6-3,14-19)9-7-11-18-12-8-15(5-2)13-18/h15,17,19H,4-14H2,1-3H3. The quantitative estimate of drug-likeness (QED) is 0.640. The van der Waals surface area contributed by atoms with Crippen LogP contribution in [0, 0.1) is 5.92 Å². The highest BCUT2D eigenvalue weighted by Crippen LogP contribution is 2.21. The maximum absolute atomic E-state index is 9.70. The summed E-state index contributed by atoms with van der Waals surface area (Å²) >= 11 is 0. The summed E-state index contributed by atoms with van der Waals surface area (Å²) in [5.74, 6) is 0.923. The number of hydrogen-bond donors (Lipinski definition) is 2. The average Bonchev–Trinajstić information content (AvgIpc) is 2.91. The molecule has 0 saturated carbocycles. The zero-order valence-corrected chi connectivity index (χ0v) is 13.2. The van der Waals surface area contributed by atoms with Crippen LogP contribution in [0.25, 0.3) is 0 Å². The highest BCUT2D eigenvalue weighted by Gasteiger charge is 2.27. The fraction of sp³-hybridized carbons (Fsp3) is 1.00. The van der Waals surface area contributed by atoms with E-state index in [2.05, 4.69) is 31.0 Å². The molecule has 0 aliphatic carbocycles. The van der Waals surface area contributed by atoms with E-state index in [9.17, 15) is 5.11 Å². The van der Waals surface area contributed by atoms with Gasteiger partial charge in [-0.1, -0.05) is 27.2 Å². The van der Waals surface area contributed by atoms with Gasteiger partial charge in [0.2, 0.25) is 0 Å². The number of rotatable bonds is 10. The molecule has 2 atom stereocenters. The van der Waals surface area contributed by atoms with E-state index in [-0.39, 0.29) is 12.1 Å². The summed E-state index contributed by atoms with van der Waals surface area (Å²) < 4.78 is 0. The van der Waals surface area contributed by atoms with Gasteiger partial charge in [0.05, 0.1) is 6.61 Å². The van der Waals surface area contributed by atoms with Crippen molar-refractivity contribution in [3.8, 4) is 0 Å². The second-order valence-electron chi connectivity index (χ2n) is 6.19. The Kier molecular flexibility index (Phi) is 7.96. The molecule has 0 spiro atoms. The highest BCUT2D eigenvalue weighted by molar-refractivity contribution is 4.86. The van der Waals surface area contributed by atoms with Crippen molar-refractivity contribution in [3.63, 3.8) is 0 Å². The van der Waals surface area contributed by atoms with Crippen LogP contribution in [0.3, 0.4) is 0 Å². The van der Waals surface area contributed by atoms with E-state index in [1.807, 2.05) is 0 Å². The molecule has 1 saturated heterocycles. The van der Waals surface area contributed by atoms with Crippen LogP contribution in [-0.2, 0) is 0 Å². The van der Waals surface area contributed by atoms with Crippen LogP contribution < -0.4 is 5.32 Å². The second-order valence-corrected chi connectivity index (χ2v) is 6.19. The van der Waals surface area contributed by atoms with Crippen molar-refractivity contribution in [2.45, 2.75) is 64.8 Å². The van der Waals surface area contributed by atoms with Gasteiger partial charge in [0.15, 0.2) is 0 Å². The van der Waals surface area contributed by atoms with Gasteiger partial charge < -0.3 is 15.3 Å². The number of likely N-dealkylation sites (tertiary alicyclic amines) is 1. The minimum absolute atomic E-state index is 0.0418. The summed E-state index contributed by atoms with van der Waals surface area (Å²) in [6.45, 7) is 11.7. The van der Waals surface area contributed by atoms with Crippen LogP contribution in [0.2, 0.25) is 0 Å². The van der Waals surface area contributed by atoms with Gasteiger partial charge in [-0.2, -0.15) is 0 Å². The normalized spacial score (nSPS) is 23.7. The highest BCUT2D eigenvalue weighted by atomic mass is 16.3. The van der Waals surface area contributed by atoms with E-state index in [0.29, 0.717) is 0 Å². The molecule has 1 fully saturated rings. The van der Waals surface area contributed by atoms with E-state index in [1.165, 1.54) is 38.9 Å². The lowest BCUT2D eigenvalue weighted by atomic mass is 9.91. The minimum Gasteiger partial charge on any atom is -0.394 e. The Labute approximate surface area is 119 Å². The zero-order valence-electron chi connectivity index (χ0n) is 13.2. The molecule has 2 N–H and O–H groups in total. The Hall–Kier alpha value is -0.120. The molecule has 1 heterocycles. The number of hydrogen-bond acceptors (Lipinski definition) is 3. The summed E-state index contributed by atoms with van der Waals surface area (Å²) in [6.07, 6.45) is 7.13. The predicted molar refractivity (Wildman–Crippen MR) is 82.5 cm³/mol. The number of aliphatic hydroxyl groups excluding tert-OH is 1. The predicted octanol–water partition coefficient (Wildman–Crippen LogP) is 2.64. The topological polar surface area (TPSA) is 35.5 Å². The molecule has 3 heteroatoms. The molecule has 0 aromatic carbocycles. The molecule has 1 aliphatic rings. The Morgan fingerprint density at radius 2 is 2.11 bits per heavy atom. The maximum atomic E-state index is 9.70. The van der Waals surface area contributed by atoms with E-state index in [1.54, 1.807) is 0 Å². The molecule has 2 unspecified atom stereocenters. The number of nitrogens with zero attached hydrogens (tertiary/aromatic N) is 1. The lowest BCUT2D eigenvalue weighted by molar-refractivity contribution is 0.140. The van der Waals surface area contributed by atoms with Crippen molar-refractivity contribution in [2.75, 3.05) is 32.8 Å². The van der Waals surface area contributed by atoms with Crippen LogP contribution in [0.15, 0.2) is 0 Å². The van der Waals surface area contributed by atoms with Crippen molar-refractivity contribution < 1.29 is 5.11 Å². The first-order chi connectivity index (χ1) is 9.19. The molecule has 3 nitrogen and oxygen atoms in total. The van der Waals surface area contributed by atoms with E-state index < -0.39 is 0 Å². The third-order valence-corrected chi connectivity index (χ3v) is 4.81. The Bertz CT molecular complexity index is 229. The molecule has 0 aromatic heterocycles. The molecule has 0 aromatic rings. The van der Waals surface area contributed by atoms with Crippen molar-refractivity contribution >= 4 is 0 Å². The molecular weight excluding hydrogens is 236 g/mol. The Morgan fingerprint density at radius 3 is 2.63 bits per heavy atom. The Balaban J connectivity index is 2.28. The molecule has 0 bridgehead atoms. The molecule has 114 valence electrons. The average molecular weight is 270 g/mol. The molecule has 0 radical (unpaired) electrons. The summed E-state index contributed by atoms with van der Waals surface area (Å²) in [5.41, 5.74) is -0.0418. The third kappa shape index (κ3) is 5.41. The van der Waals surface area contributed by atoms with Crippen molar-refractivity contribution in [2.24, 2.45) is 5.92 Å². The third-order valence-electron chi connectivity index (χ3n) is 4.81. The summed E-state index contributed by atoms with van der Waals surface area (Å²) in [7, 11) is 0. The monoisotopic (exact) mass is 270 g/mol. The smallest absolute Gasteiger partial charge is 0.0613 e. The fourth-order valence-corrected chi connectivity index (χ4v) is 3.12. The van der Waals surface area contributed by atoms with Crippen LogP contribution in [0.5, 0.6) is 0 Å². The largest absolute Gasteiger partial charge is 0.394 e. The number of nitrogens with one attached hydrogen (secondary N) is 1. The van der Waals surface area contributed by atoms with Crippen molar-refractivity contribution in [1.82, 2.24) is 10.2 Å². The summed E-state index contributed by atoms with van der Waals surface area (Å²) in [6, 6.07) is 0. The van der Waals surface area contributed by atoms with Crippen LogP contribution >= 0.6 is 0 Å². The first-order valence-electron chi connectivity index (χ1n) is 8.28. The van der Waals surface area contributed by atoms with Crippen LogP contribution in [0.4, 0.5) is 0 Å². The SMILES string of the molecule is CCCNC(CC)(CO)CCCN1CCC(CC)C1. The lowest BCUT2D eigenvalue weighted by Crippen LogP contribution is -2.48. The fourth-order valence-electron chi connectivity index (χ4n) is 3.12. The van der Waals surface area contributed by atoms with Gasteiger partial charge in [-0.15, -0.1) is 0 Å². The van der Waals surface area contributed by atoms with Crippen LogP contribution in [-0.4, -0.2) is 48.3 Å². The molecule has 1 aliphatic heterocycles. The first kappa shape index (κ1) is 16.9. The van der Waals surface area contributed by atoms with Crippen molar-refractivity contribution in [3.05, 3.63) is 0 Å². The first-order valence-corrected chi connectivity index (χ1v) is 8.28. The van der Waals surface area contributed by atoms with Crippen molar-refractivity contribution in [1.29, 1.82) is 0 Å². The van der Waals surface area contributed by atoms with Gasteiger partial charge in [-0.25, -0.2) is 0 Å². The second kappa shape index (κ2) is 8.93. The van der Waals surface area contributed by atoms with Crippen LogP contribution in [0.1, 0.15) is 59.3 Å². The van der Waals surface area contributed by atoms with Gasteiger partial charge in [0, 0.05) is 12.1 Å². The van der Waals surface area contributed by atoms with E-state index in [4.69, 9.17) is 0 Å². The van der Waals surface area contributed by atoms with Gasteiger partial charge in [0.25, 0.3) is 0 Å². The Morgan fingerprint density at radius 1 is 1.32 bits per heavy atom. The zero-order chi connectivity index (χ0) is 14.1. The molecule has 1 rings (SSSR count). The van der Waals surface area contributed by atoms with E-state index >= 15 is 0 Å². The lowest BCUT2D eigenvalue weighted by Gasteiger charge is -2.33. The minimum atomic E-state index is -0.0418. The van der Waals surface area contributed by atoms with Gasteiger partial charge in [-0.3, -0.25) is 0 Å². The van der Waals surface area contributed by atoms with E-state index in [0.717, 1.165) is 31.7 Å². The summed E-state index contributed by atoms with van der Waals surface area (Å²) in [4.78, 5) is 2.60. The molecule has 0 amide bonds. The molecular formula is C16H34N2O. The number of aliphatic hydroxyl groups is 1. The van der Waals surface area contributed by atoms with Gasteiger partial charge in [0.1, 0.15) is 0 Å². The molecule has 19 heavy (non-hydrogen) atoms. The summed E-state index contributed by atoms with van der Waals surface area (Å²) in [5, 5.41) is 13.3. The van der Waals surface area contributed by atoms with Gasteiger partial charge >= 0.3 is 0 Å².